The van der Waals surface area contributed by atoms with E-state index in [1.54, 1.807) is 0 Å². The van der Waals surface area contributed by atoms with Crippen LogP contribution in [0.25, 0.3) is 0 Å². The molecule has 1 N–H and O–H groups in total. The number of rotatable bonds is 3. The highest BCUT2D eigenvalue weighted by Crippen LogP contribution is 2.53. The molecule has 1 fully saturated rings. The van der Waals surface area contributed by atoms with Crippen LogP contribution in [0.4, 0.5) is 0 Å². The van der Waals surface area contributed by atoms with E-state index in [1.165, 1.54) is 24.3 Å². The molecule has 0 atom stereocenters. The van der Waals surface area contributed by atoms with Crippen molar-refractivity contribution < 1.29 is 19.4 Å². The lowest BCUT2D eigenvalue weighted by Gasteiger charge is -2.30. The molecule has 1 aromatic carbocycles. The van der Waals surface area contributed by atoms with Crippen LogP contribution in [-0.2, 0) is 4.74 Å². The van der Waals surface area contributed by atoms with E-state index in [1.807, 2.05) is 0 Å². The number of ether oxygens (including phenoxy) is 1. The van der Waals surface area contributed by atoms with Gasteiger partial charge in [-0.05, 0) is 37.1 Å². The predicted octanol–water partition coefficient (Wildman–Crippen LogP) is 3.12. The summed E-state index contributed by atoms with van der Waals surface area (Å²) in [6.45, 7) is 6.17. The first-order valence-corrected chi connectivity index (χ1v) is 6.32. The Balaban J connectivity index is 2.11. The Morgan fingerprint density at radius 2 is 1.58 bits per heavy atom. The van der Waals surface area contributed by atoms with Crippen molar-refractivity contribution in [3.63, 3.8) is 0 Å². The minimum absolute atomic E-state index is 0.0797. The predicted molar refractivity (Wildman–Crippen MR) is 70.2 cm³/mol. The van der Waals surface area contributed by atoms with Gasteiger partial charge in [0.25, 0.3) is 0 Å². The van der Waals surface area contributed by atoms with Crippen molar-refractivity contribution in [1.29, 1.82) is 0 Å². The van der Waals surface area contributed by atoms with Crippen LogP contribution >= 0.6 is 0 Å². The summed E-state index contributed by atoms with van der Waals surface area (Å²) in [6.07, 6.45) is 1.77. The van der Waals surface area contributed by atoms with E-state index in [2.05, 4.69) is 20.8 Å². The lowest BCUT2D eigenvalue weighted by Crippen LogP contribution is -2.33. The second-order valence-electron chi connectivity index (χ2n) is 6.02. The van der Waals surface area contributed by atoms with Gasteiger partial charge in [0.05, 0.1) is 11.1 Å². The maximum absolute atomic E-state index is 12.1. The second kappa shape index (κ2) is 4.37. The molecule has 4 nitrogen and oxygen atoms in total. The largest absolute Gasteiger partial charge is 0.478 e. The van der Waals surface area contributed by atoms with Crippen molar-refractivity contribution in [3.8, 4) is 0 Å². The van der Waals surface area contributed by atoms with Crippen molar-refractivity contribution in [2.24, 2.45) is 5.41 Å². The van der Waals surface area contributed by atoms with Crippen molar-refractivity contribution in [3.05, 3.63) is 35.4 Å². The highest BCUT2D eigenvalue weighted by Gasteiger charge is 2.55. The third-order valence-electron chi connectivity index (χ3n) is 3.73. The first-order chi connectivity index (χ1) is 8.75. The van der Waals surface area contributed by atoms with Crippen molar-refractivity contribution in [1.82, 2.24) is 0 Å². The summed E-state index contributed by atoms with van der Waals surface area (Å²) in [6, 6.07) is 5.81. The number of carbonyl (C=O) groups is 2. The van der Waals surface area contributed by atoms with Gasteiger partial charge in [-0.1, -0.05) is 20.8 Å². The maximum Gasteiger partial charge on any atom is 0.338 e. The molecule has 0 amide bonds. The van der Waals surface area contributed by atoms with Crippen LogP contribution in [0.15, 0.2) is 24.3 Å². The van der Waals surface area contributed by atoms with Crippen molar-refractivity contribution in [2.45, 2.75) is 39.2 Å². The van der Waals surface area contributed by atoms with Gasteiger partial charge < -0.3 is 9.84 Å². The fourth-order valence-corrected chi connectivity index (χ4v) is 2.10. The minimum Gasteiger partial charge on any atom is -0.478 e. The van der Waals surface area contributed by atoms with E-state index >= 15 is 0 Å². The molecule has 1 aliphatic carbocycles. The number of aromatic carboxylic acids is 1. The third kappa shape index (κ3) is 2.62. The summed E-state index contributed by atoms with van der Waals surface area (Å²) in [5, 5.41) is 8.80. The smallest absolute Gasteiger partial charge is 0.338 e. The molecule has 19 heavy (non-hydrogen) atoms. The van der Waals surface area contributed by atoms with Crippen LogP contribution in [0.5, 0.6) is 0 Å². The lowest BCUT2D eigenvalue weighted by molar-refractivity contribution is -0.0169. The summed E-state index contributed by atoms with van der Waals surface area (Å²) in [5.41, 5.74) is 0.105. The average molecular weight is 262 g/mol. The third-order valence-corrected chi connectivity index (χ3v) is 3.73. The molecule has 102 valence electrons. The summed E-state index contributed by atoms with van der Waals surface area (Å²) in [7, 11) is 0. The quantitative estimate of drug-likeness (QED) is 0.850. The zero-order chi connectivity index (χ0) is 14.3. The Labute approximate surface area is 112 Å². The number of carbonyl (C=O) groups excluding carboxylic acids is 1. The number of hydrogen-bond donors (Lipinski definition) is 1. The molecule has 0 saturated heterocycles. The monoisotopic (exact) mass is 262 g/mol. The molecule has 0 aliphatic heterocycles. The van der Waals surface area contributed by atoms with Gasteiger partial charge in [0.1, 0.15) is 5.60 Å². The Morgan fingerprint density at radius 1 is 1.11 bits per heavy atom. The molecular weight excluding hydrogens is 244 g/mol. The van der Waals surface area contributed by atoms with E-state index in [-0.39, 0.29) is 22.5 Å². The molecular formula is C15H18O4. The summed E-state index contributed by atoms with van der Waals surface area (Å²) < 4.78 is 5.61. The van der Waals surface area contributed by atoms with E-state index in [0.29, 0.717) is 5.56 Å². The standard InChI is InChI=1S/C15H18O4/c1-14(2,3)15(8-9-15)19-13(18)11-6-4-10(5-7-11)12(16)17/h4-7H,8-9H2,1-3H3,(H,16,17). The van der Waals surface area contributed by atoms with Gasteiger partial charge in [0.2, 0.25) is 0 Å². The number of hydrogen-bond acceptors (Lipinski definition) is 3. The van der Waals surface area contributed by atoms with E-state index in [9.17, 15) is 9.59 Å². The van der Waals surface area contributed by atoms with Gasteiger partial charge in [-0.15, -0.1) is 0 Å². The molecule has 0 spiro atoms. The van der Waals surface area contributed by atoms with Gasteiger partial charge in [0, 0.05) is 5.41 Å². The van der Waals surface area contributed by atoms with Gasteiger partial charge >= 0.3 is 11.9 Å². The first-order valence-electron chi connectivity index (χ1n) is 6.32. The van der Waals surface area contributed by atoms with Gasteiger partial charge in [-0.25, -0.2) is 9.59 Å². The molecule has 0 heterocycles. The van der Waals surface area contributed by atoms with Crippen molar-refractivity contribution in [2.75, 3.05) is 0 Å². The highest BCUT2D eigenvalue weighted by molar-refractivity contribution is 5.92. The van der Waals surface area contributed by atoms with Crippen LogP contribution in [0.2, 0.25) is 0 Å². The van der Waals surface area contributed by atoms with Crippen LogP contribution < -0.4 is 0 Å². The zero-order valence-corrected chi connectivity index (χ0v) is 11.4. The molecule has 4 heteroatoms. The molecule has 2 rings (SSSR count). The number of carboxylic acids is 1. The molecule has 1 aliphatic rings. The Hall–Kier alpha value is -1.84. The van der Waals surface area contributed by atoms with E-state index in [0.717, 1.165) is 12.8 Å². The normalized spacial score (nSPS) is 16.8. The number of benzene rings is 1. The molecule has 1 aromatic rings. The topological polar surface area (TPSA) is 63.6 Å². The molecule has 0 bridgehead atoms. The molecule has 0 radical (unpaired) electrons. The first kappa shape index (κ1) is 13.6. The maximum atomic E-state index is 12.1. The second-order valence-corrected chi connectivity index (χ2v) is 6.02. The fraction of sp³-hybridized carbons (Fsp3) is 0.467. The highest BCUT2D eigenvalue weighted by atomic mass is 16.6. The van der Waals surface area contributed by atoms with Gasteiger partial charge in [-0.3, -0.25) is 0 Å². The number of esters is 1. The van der Waals surface area contributed by atoms with Crippen LogP contribution in [-0.4, -0.2) is 22.6 Å². The number of carboxylic acid groups (broad SMARTS) is 1. The summed E-state index contributed by atoms with van der Waals surface area (Å²) >= 11 is 0. The Kier molecular flexibility index (Phi) is 3.12. The van der Waals surface area contributed by atoms with Crippen LogP contribution in [0.1, 0.15) is 54.3 Å². The van der Waals surface area contributed by atoms with Gasteiger partial charge in [-0.2, -0.15) is 0 Å². The molecule has 0 aromatic heterocycles. The van der Waals surface area contributed by atoms with Crippen molar-refractivity contribution >= 4 is 11.9 Å². The van der Waals surface area contributed by atoms with Gasteiger partial charge in [0.15, 0.2) is 0 Å². The fourth-order valence-electron chi connectivity index (χ4n) is 2.10. The molecule has 1 saturated carbocycles. The molecule has 0 unspecified atom stereocenters. The lowest BCUT2D eigenvalue weighted by atomic mass is 9.86. The SMILES string of the molecule is CC(C)(C)C1(OC(=O)c2ccc(C(=O)O)cc2)CC1. The van der Waals surface area contributed by atoms with E-state index < -0.39 is 5.97 Å². The summed E-state index contributed by atoms with van der Waals surface area (Å²) in [4.78, 5) is 22.8. The zero-order valence-electron chi connectivity index (χ0n) is 11.4. The average Bonchev–Trinajstić information content (AvgIpc) is 3.09. The minimum atomic E-state index is -1.01. The van der Waals surface area contributed by atoms with Crippen LogP contribution in [0.3, 0.4) is 0 Å². The Bertz CT molecular complexity index is 504. The van der Waals surface area contributed by atoms with E-state index in [4.69, 9.17) is 9.84 Å². The summed E-state index contributed by atoms with van der Waals surface area (Å²) in [5.74, 6) is -1.39. The Morgan fingerprint density at radius 3 is 1.95 bits per heavy atom. The van der Waals surface area contributed by atoms with Crippen LogP contribution in [0, 0.1) is 5.41 Å².